The standard InChI is InChI=1S/C25H45NO8/c1-6-7-8-9-10-11-12-13-14-15-22(29)33-19(3)24(34-20(4)27)18(2)25(31)26-17-21(28)16-23(30)32-5/h18-19,21,24,28H,6-17H2,1-5H3,(H,26,31)/t18-,19+,21-,24-/m1/s1. The van der Waals surface area contributed by atoms with Crippen molar-refractivity contribution in [2.75, 3.05) is 13.7 Å². The molecule has 0 saturated heterocycles. The van der Waals surface area contributed by atoms with E-state index < -0.39 is 48.0 Å². The van der Waals surface area contributed by atoms with Gasteiger partial charge in [0.25, 0.3) is 0 Å². The van der Waals surface area contributed by atoms with Crippen LogP contribution in [-0.4, -0.2) is 60.9 Å². The molecule has 0 bridgehead atoms. The number of hydrogen-bond acceptors (Lipinski definition) is 8. The van der Waals surface area contributed by atoms with Crippen molar-refractivity contribution in [1.82, 2.24) is 5.32 Å². The van der Waals surface area contributed by atoms with E-state index in [1.54, 1.807) is 13.8 Å². The lowest BCUT2D eigenvalue weighted by Gasteiger charge is -2.28. The summed E-state index contributed by atoms with van der Waals surface area (Å²) in [5, 5.41) is 12.3. The number of nitrogens with one attached hydrogen (secondary N) is 1. The highest BCUT2D eigenvalue weighted by molar-refractivity contribution is 5.80. The summed E-state index contributed by atoms with van der Waals surface area (Å²) in [5.74, 6) is -2.94. The highest BCUT2D eigenvalue weighted by Gasteiger charge is 2.34. The van der Waals surface area contributed by atoms with E-state index in [-0.39, 0.29) is 19.4 Å². The van der Waals surface area contributed by atoms with Gasteiger partial charge in [-0.05, 0) is 20.3 Å². The summed E-state index contributed by atoms with van der Waals surface area (Å²) in [4.78, 5) is 47.5. The fourth-order valence-electron chi connectivity index (χ4n) is 3.59. The van der Waals surface area contributed by atoms with Crippen molar-refractivity contribution in [2.24, 2.45) is 5.92 Å². The predicted molar refractivity (Wildman–Crippen MR) is 128 cm³/mol. The minimum atomic E-state index is -1.11. The first-order valence-corrected chi connectivity index (χ1v) is 12.5. The van der Waals surface area contributed by atoms with Gasteiger partial charge in [0.1, 0.15) is 12.2 Å². The van der Waals surface area contributed by atoms with Crippen molar-refractivity contribution in [3.05, 3.63) is 0 Å². The first-order chi connectivity index (χ1) is 16.1. The molecule has 0 radical (unpaired) electrons. The quantitative estimate of drug-likeness (QED) is 0.161. The van der Waals surface area contributed by atoms with Gasteiger partial charge in [-0.2, -0.15) is 0 Å². The van der Waals surface area contributed by atoms with Gasteiger partial charge in [0.05, 0.1) is 25.6 Å². The van der Waals surface area contributed by atoms with E-state index in [9.17, 15) is 24.3 Å². The van der Waals surface area contributed by atoms with E-state index >= 15 is 0 Å². The van der Waals surface area contributed by atoms with Crippen LogP contribution in [0.15, 0.2) is 0 Å². The zero-order chi connectivity index (χ0) is 25.9. The van der Waals surface area contributed by atoms with Gasteiger partial charge in [-0.1, -0.05) is 58.3 Å². The third-order valence-corrected chi connectivity index (χ3v) is 5.61. The third kappa shape index (κ3) is 15.6. The molecule has 0 aromatic carbocycles. The van der Waals surface area contributed by atoms with Gasteiger partial charge in [-0.25, -0.2) is 0 Å². The van der Waals surface area contributed by atoms with E-state index in [2.05, 4.69) is 17.0 Å². The molecule has 198 valence electrons. The van der Waals surface area contributed by atoms with Crippen LogP contribution in [0.1, 0.15) is 98.3 Å². The van der Waals surface area contributed by atoms with Crippen molar-refractivity contribution < 1.29 is 38.5 Å². The number of aliphatic hydroxyl groups is 1. The molecular weight excluding hydrogens is 442 g/mol. The normalized spacial score (nSPS) is 14.4. The number of aliphatic hydroxyl groups excluding tert-OH is 1. The predicted octanol–water partition coefficient (Wildman–Crippen LogP) is 3.45. The largest absolute Gasteiger partial charge is 0.469 e. The van der Waals surface area contributed by atoms with Crippen LogP contribution in [0, 0.1) is 5.92 Å². The van der Waals surface area contributed by atoms with Crippen LogP contribution in [-0.2, 0) is 33.4 Å². The van der Waals surface area contributed by atoms with Crippen LogP contribution in [0.3, 0.4) is 0 Å². The second kappa shape index (κ2) is 19.2. The topological polar surface area (TPSA) is 128 Å². The van der Waals surface area contributed by atoms with E-state index in [0.717, 1.165) is 19.3 Å². The van der Waals surface area contributed by atoms with Crippen molar-refractivity contribution >= 4 is 23.8 Å². The van der Waals surface area contributed by atoms with Gasteiger partial charge in [0.2, 0.25) is 5.91 Å². The SMILES string of the molecule is CCCCCCCCCCCC(=O)O[C@@H](C)[C@H](OC(C)=O)[C@@H](C)C(=O)NC[C@H](O)CC(=O)OC. The number of carbonyl (C=O) groups is 4. The summed E-state index contributed by atoms with van der Waals surface area (Å²) >= 11 is 0. The Morgan fingerprint density at radius 3 is 1.94 bits per heavy atom. The van der Waals surface area contributed by atoms with Gasteiger partial charge in [-0.3, -0.25) is 19.2 Å². The Labute approximate surface area is 204 Å². The minimum Gasteiger partial charge on any atom is -0.469 e. The molecule has 0 aliphatic heterocycles. The lowest BCUT2D eigenvalue weighted by atomic mass is 9.99. The molecule has 0 spiro atoms. The van der Waals surface area contributed by atoms with Crippen molar-refractivity contribution in [3.63, 3.8) is 0 Å². The maximum Gasteiger partial charge on any atom is 0.308 e. The van der Waals surface area contributed by atoms with Crippen LogP contribution in [0.25, 0.3) is 0 Å². The van der Waals surface area contributed by atoms with Crippen LogP contribution >= 0.6 is 0 Å². The van der Waals surface area contributed by atoms with Crippen LogP contribution in [0.2, 0.25) is 0 Å². The number of rotatable bonds is 19. The number of hydrogen-bond donors (Lipinski definition) is 2. The molecule has 0 fully saturated rings. The van der Waals surface area contributed by atoms with Crippen molar-refractivity contribution in [1.29, 1.82) is 0 Å². The monoisotopic (exact) mass is 487 g/mol. The molecule has 0 aliphatic carbocycles. The first kappa shape index (κ1) is 31.8. The second-order valence-electron chi connectivity index (χ2n) is 8.82. The average Bonchev–Trinajstić information content (AvgIpc) is 2.79. The summed E-state index contributed by atoms with van der Waals surface area (Å²) < 4.78 is 15.2. The highest BCUT2D eigenvalue weighted by Crippen LogP contribution is 2.17. The Hall–Kier alpha value is -2.16. The Bertz CT molecular complexity index is 610. The number of amides is 1. The van der Waals surface area contributed by atoms with Crippen LogP contribution < -0.4 is 5.32 Å². The second-order valence-corrected chi connectivity index (χ2v) is 8.82. The molecule has 2 N–H and O–H groups in total. The zero-order valence-corrected chi connectivity index (χ0v) is 21.6. The summed E-state index contributed by atoms with van der Waals surface area (Å²) in [6, 6.07) is 0. The molecule has 9 heteroatoms. The number of methoxy groups -OCH3 is 1. The Morgan fingerprint density at radius 1 is 0.853 bits per heavy atom. The molecule has 0 aromatic rings. The van der Waals surface area contributed by atoms with Crippen LogP contribution in [0.5, 0.6) is 0 Å². The Kier molecular flexibility index (Phi) is 18.0. The van der Waals surface area contributed by atoms with E-state index in [0.29, 0.717) is 0 Å². The molecule has 0 heterocycles. The average molecular weight is 488 g/mol. The maximum atomic E-state index is 12.5. The van der Waals surface area contributed by atoms with Crippen molar-refractivity contribution in [3.8, 4) is 0 Å². The molecule has 0 rings (SSSR count). The highest BCUT2D eigenvalue weighted by atomic mass is 16.6. The molecule has 0 aliphatic rings. The molecule has 34 heavy (non-hydrogen) atoms. The fourth-order valence-corrected chi connectivity index (χ4v) is 3.59. The summed E-state index contributed by atoms with van der Waals surface area (Å²) in [6.07, 6.45) is 7.34. The fraction of sp³-hybridized carbons (Fsp3) is 0.840. The summed E-state index contributed by atoms with van der Waals surface area (Å²) in [6.45, 7) is 6.37. The molecule has 0 saturated carbocycles. The number of unbranched alkanes of at least 4 members (excludes halogenated alkanes) is 8. The minimum absolute atomic E-state index is 0.169. The van der Waals surface area contributed by atoms with Gasteiger partial charge in [-0.15, -0.1) is 0 Å². The summed E-state index contributed by atoms with van der Waals surface area (Å²) in [5.41, 5.74) is 0. The molecule has 1 amide bonds. The van der Waals surface area contributed by atoms with Gasteiger partial charge < -0.3 is 24.6 Å². The molecular formula is C25H45NO8. The van der Waals surface area contributed by atoms with Gasteiger partial charge in [0.15, 0.2) is 0 Å². The Balaban J connectivity index is 4.48. The molecule has 0 unspecified atom stereocenters. The lowest BCUT2D eigenvalue weighted by molar-refractivity contribution is -0.171. The molecule has 4 atom stereocenters. The van der Waals surface area contributed by atoms with Gasteiger partial charge >= 0.3 is 17.9 Å². The number of carbonyl (C=O) groups excluding carboxylic acids is 4. The Morgan fingerprint density at radius 2 is 1.41 bits per heavy atom. The van der Waals surface area contributed by atoms with Crippen LogP contribution in [0.4, 0.5) is 0 Å². The molecule has 9 nitrogen and oxygen atoms in total. The van der Waals surface area contributed by atoms with Gasteiger partial charge in [0, 0.05) is 19.9 Å². The number of esters is 3. The number of ether oxygens (including phenoxy) is 3. The smallest absolute Gasteiger partial charge is 0.308 e. The lowest BCUT2D eigenvalue weighted by Crippen LogP contribution is -2.46. The van der Waals surface area contributed by atoms with E-state index in [1.807, 2.05) is 0 Å². The van der Waals surface area contributed by atoms with E-state index in [4.69, 9.17) is 9.47 Å². The third-order valence-electron chi connectivity index (χ3n) is 5.61. The summed E-state index contributed by atoms with van der Waals surface area (Å²) in [7, 11) is 1.21. The first-order valence-electron chi connectivity index (χ1n) is 12.5. The van der Waals surface area contributed by atoms with Crippen molar-refractivity contribution in [2.45, 2.75) is 117 Å². The zero-order valence-electron chi connectivity index (χ0n) is 21.6. The molecule has 0 aromatic heterocycles. The maximum absolute atomic E-state index is 12.5. The van der Waals surface area contributed by atoms with E-state index in [1.165, 1.54) is 52.6 Å².